The predicted octanol–water partition coefficient (Wildman–Crippen LogP) is 3.49. The lowest BCUT2D eigenvalue weighted by Gasteiger charge is -2.41. The van der Waals surface area contributed by atoms with Gasteiger partial charge < -0.3 is 9.84 Å². The maximum absolute atomic E-state index is 11.5. The minimum Gasteiger partial charge on any atom is -0.478 e. The average molecular weight is 389 g/mol. The topological polar surface area (TPSA) is 53.0 Å². The van der Waals surface area contributed by atoms with E-state index >= 15 is 0 Å². The smallest absolute Gasteiger partial charge is 0.348 e. The third-order valence-corrected chi connectivity index (χ3v) is 5.13. The molecule has 2 aromatic rings. The molecule has 5 nitrogen and oxygen atoms in total. The van der Waals surface area contributed by atoms with Gasteiger partial charge in [0.25, 0.3) is 0 Å². The number of carbonyl (C=O) groups is 1. The van der Waals surface area contributed by atoms with E-state index in [1.807, 2.05) is 42.2 Å². The molecule has 1 N–H and O–H groups in total. The van der Waals surface area contributed by atoms with Crippen LogP contribution in [0.4, 0.5) is 0 Å². The summed E-state index contributed by atoms with van der Waals surface area (Å²) < 4.78 is 5.41. The number of hydrogen-bond donors (Lipinski definition) is 1. The fourth-order valence-corrected chi connectivity index (χ4v) is 3.74. The molecule has 1 heterocycles. The first-order chi connectivity index (χ1) is 13.1. The summed E-state index contributed by atoms with van der Waals surface area (Å²) in [7, 11) is 0. The zero-order valence-corrected chi connectivity index (χ0v) is 16.2. The van der Waals surface area contributed by atoms with Crippen molar-refractivity contribution >= 4 is 17.6 Å². The Labute approximate surface area is 165 Å². The summed E-state index contributed by atoms with van der Waals surface area (Å²) in [4.78, 5) is 15.8. The second-order valence-corrected chi connectivity index (χ2v) is 7.02. The molecule has 0 aromatic heterocycles. The molecular weight excluding hydrogens is 364 g/mol. The summed E-state index contributed by atoms with van der Waals surface area (Å²) in [6.07, 6.45) is -0.872. The monoisotopic (exact) mass is 388 g/mol. The molecule has 1 aliphatic heterocycles. The molecule has 6 heteroatoms. The van der Waals surface area contributed by atoms with Crippen LogP contribution in [0.5, 0.6) is 0 Å². The number of ether oxygens (including phenoxy) is 1. The Kier molecular flexibility index (Phi) is 6.85. The second-order valence-electron chi connectivity index (χ2n) is 6.58. The number of benzene rings is 2. The van der Waals surface area contributed by atoms with Crippen molar-refractivity contribution in [2.24, 2.45) is 0 Å². The first-order valence-corrected chi connectivity index (χ1v) is 9.61. The van der Waals surface area contributed by atoms with Crippen molar-refractivity contribution in [3.63, 3.8) is 0 Å². The lowest BCUT2D eigenvalue weighted by molar-refractivity contribution is -0.166. The second kappa shape index (κ2) is 9.33. The SMILES string of the molecule is CCOC(C(=O)O)N1CCN(C(c2ccccc2)c2ccc(Cl)cc2)CC1. The summed E-state index contributed by atoms with van der Waals surface area (Å²) in [6.45, 7) is 5.02. The van der Waals surface area contributed by atoms with E-state index in [1.165, 1.54) is 11.1 Å². The molecule has 1 fully saturated rings. The molecular formula is C21H25ClN2O3. The number of halogens is 1. The first kappa shape index (κ1) is 19.8. The van der Waals surface area contributed by atoms with Crippen molar-refractivity contribution < 1.29 is 14.6 Å². The standard InChI is InChI=1S/C21H25ClN2O3/c1-2-27-20(21(25)26)24-14-12-23(13-15-24)19(16-6-4-3-5-7-16)17-8-10-18(22)11-9-17/h3-11,19-20H,2,12-15H2,1H3,(H,25,26). The van der Waals surface area contributed by atoms with E-state index in [1.54, 1.807) is 0 Å². The molecule has 27 heavy (non-hydrogen) atoms. The molecule has 0 amide bonds. The predicted molar refractivity (Wildman–Crippen MR) is 106 cm³/mol. The molecule has 2 unspecified atom stereocenters. The largest absolute Gasteiger partial charge is 0.478 e. The van der Waals surface area contributed by atoms with Crippen molar-refractivity contribution in [2.75, 3.05) is 32.8 Å². The van der Waals surface area contributed by atoms with E-state index in [9.17, 15) is 9.90 Å². The minimum absolute atomic E-state index is 0.112. The van der Waals surface area contributed by atoms with Crippen LogP contribution in [-0.2, 0) is 9.53 Å². The van der Waals surface area contributed by atoms with Crippen LogP contribution in [-0.4, -0.2) is 59.9 Å². The van der Waals surface area contributed by atoms with Gasteiger partial charge in [-0.1, -0.05) is 54.1 Å². The zero-order chi connectivity index (χ0) is 19.2. The highest BCUT2D eigenvalue weighted by Crippen LogP contribution is 2.30. The molecule has 2 aromatic carbocycles. The van der Waals surface area contributed by atoms with E-state index in [4.69, 9.17) is 16.3 Å². The Balaban J connectivity index is 1.79. The Morgan fingerprint density at radius 1 is 1.00 bits per heavy atom. The Morgan fingerprint density at radius 3 is 2.11 bits per heavy atom. The summed E-state index contributed by atoms with van der Waals surface area (Å²) in [6, 6.07) is 18.4. The van der Waals surface area contributed by atoms with E-state index < -0.39 is 12.2 Å². The molecule has 1 aliphatic rings. The quantitative estimate of drug-likeness (QED) is 0.786. The van der Waals surface area contributed by atoms with Gasteiger partial charge in [-0.25, -0.2) is 4.79 Å². The van der Waals surface area contributed by atoms with Gasteiger partial charge in [0.2, 0.25) is 6.23 Å². The maximum Gasteiger partial charge on any atom is 0.348 e. The summed E-state index contributed by atoms with van der Waals surface area (Å²) >= 11 is 6.07. The van der Waals surface area contributed by atoms with Gasteiger partial charge in [0.15, 0.2) is 0 Å². The van der Waals surface area contributed by atoms with Crippen molar-refractivity contribution in [1.82, 2.24) is 9.80 Å². The third kappa shape index (κ3) is 4.87. The summed E-state index contributed by atoms with van der Waals surface area (Å²) in [5.74, 6) is -0.928. The zero-order valence-electron chi connectivity index (χ0n) is 15.4. The van der Waals surface area contributed by atoms with Crippen LogP contribution in [0.1, 0.15) is 24.1 Å². The van der Waals surface area contributed by atoms with Crippen LogP contribution >= 0.6 is 11.6 Å². The molecule has 1 saturated heterocycles. The van der Waals surface area contributed by atoms with E-state index in [-0.39, 0.29) is 6.04 Å². The van der Waals surface area contributed by atoms with E-state index in [2.05, 4.69) is 29.2 Å². The van der Waals surface area contributed by atoms with Crippen molar-refractivity contribution in [2.45, 2.75) is 19.2 Å². The van der Waals surface area contributed by atoms with Crippen LogP contribution < -0.4 is 0 Å². The number of aliphatic carboxylic acids is 1. The maximum atomic E-state index is 11.5. The normalized spacial score (nSPS) is 18.1. The Bertz CT molecular complexity index is 731. The number of carboxylic acid groups (broad SMARTS) is 1. The molecule has 0 bridgehead atoms. The van der Waals surface area contributed by atoms with Crippen LogP contribution in [0.3, 0.4) is 0 Å². The van der Waals surface area contributed by atoms with E-state index in [0.717, 1.165) is 18.1 Å². The highest BCUT2D eigenvalue weighted by atomic mass is 35.5. The number of hydrogen-bond acceptors (Lipinski definition) is 4. The van der Waals surface area contributed by atoms with Gasteiger partial charge >= 0.3 is 5.97 Å². The third-order valence-electron chi connectivity index (χ3n) is 4.88. The lowest BCUT2D eigenvalue weighted by atomic mass is 9.96. The highest BCUT2D eigenvalue weighted by Gasteiger charge is 2.32. The molecule has 2 atom stereocenters. The number of nitrogens with zero attached hydrogens (tertiary/aromatic N) is 2. The summed E-state index contributed by atoms with van der Waals surface area (Å²) in [5.41, 5.74) is 2.39. The van der Waals surface area contributed by atoms with Crippen LogP contribution in [0, 0.1) is 0 Å². The molecule has 0 saturated carbocycles. The minimum atomic E-state index is -0.928. The van der Waals surface area contributed by atoms with E-state index in [0.29, 0.717) is 19.7 Å². The fourth-order valence-electron chi connectivity index (χ4n) is 3.62. The highest BCUT2D eigenvalue weighted by molar-refractivity contribution is 6.30. The van der Waals surface area contributed by atoms with Crippen LogP contribution in [0.2, 0.25) is 5.02 Å². The van der Waals surface area contributed by atoms with Gasteiger partial charge in [-0.05, 0) is 30.2 Å². The molecule has 3 rings (SSSR count). The van der Waals surface area contributed by atoms with Gasteiger partial charge in [-0.2, -0.15) is 0 Å². The number of piperazine rings is 1. The Hall–Kier alpha value is -1.92. The lowest BCUT2D eigenvalue weighted by Crippen LogP contribution is -2.54. The fraction of sp³-hybridized carbons (Fsp3) is 0.381. The van der Waals surface area contributed by atoms with Gasteiger partial charge in [-0.15, -0.1) is 0 Å². The molecule has 0 spiro atoms. The summed E-state index contributed by atoms with van der Waals surface area (Å²) in [5, 5.41) is 10.1. The van der Waals surface area contributed by atoms with Crippen molar-refractivity contribution in [1.29, 1.82) is 0 Å². The van der Waals surface area contributed by atoms with Gasteiger partial charge in [0, 0.05) is 37.8 Å². The number of carboxylic acids is 1. The van der Waals surface area contributed by atoms with Crippen molar-refractivity contribution in [3.05, 3.63) is 70.7 Å². The molecule has 0 aliphatic carbocycles. The van der Waals surface area contributed by atoms with Crippen LogP contribution in [0.25, 0.3) is 0 Å². The molecule has 0 radical (unpaired) electrons. The molecule has 144 valence electrons. The Morgan fingerprint density at radius 2 is 1.56 bits per heavy atom. The first-order valence-electron chi connectivity index (χ1n) is 9.23. The van der Waals surface area contributed by atoms with Crippen molar-refractivity contribution in [3.8, 4) is 0 Å². The number of rotatable bonds is 7. The van der Waals surface area contributed by atoms with Gasteiger partial charge in [0.1, 0.15) is 0 Å². The van der Waals surface area contributed by atoms with Gasteiger partial charge in [-0.3, -0.25) is 9.80 Å². The average Bonchev–Trinajstić information content (AvgIpc) is 2.69. The van der Waals surface area contributed by atoms with Gasteiger partial charge in [0.05, 0.1) is 6.04 Å². The van der Waals surface area contributed by atoms with Crippen LogP contribution in [0.15, 0.2) is 54.6 Å².